The van der Waals surface area contributed by atoms with Crippen LogP contribution in [-0.2, 0) is 0 Å². The molecule has 0 radical (unpaired) electrons. The lowest BCUT2D eigenvalue weighted by Crippen LogP contribution is -2.26. The fourth-order valence-corrected chi connectivity index (χ4v) is 3.39. The molecule has 0 bridgehead atoms. The first-order chi connectivity index (χ1) is 17.0. The fraction of sp³-hybridized carbons (Fsp3) is 0.0870. The molecule has 36 heavy (non-hydrogen) atoms. The van der Waals surface area contributed by atoms with Crippen LogP contribution in [-0.4, -0.2) is 59.1 Å². The molecule has 13 nitrogen and oxygen atoms in total. The summed E-state index contributed by atoms with van der Waals surface area (Å²) in [6.45, 7) is 3.19. The maximum Gasteiger partial charge on any atom is 0.335 e. The normalized spacial score (nSPS) is 11.2. The molecule has 0 spiro atoms. The second kappa shape index (κ2) is 9.13. The molecule has 0 unspecified atom stereocenters. The number of nitrogens with zero attached hydrogens (tertiary/aromatic N) is 4. The van der Waals surface area contributed by atoms with Crippen molar-refractivity contribution in [2.24, 2.45) is 5.10 Å². The molecule has 0 fully saturated rings. The second-order valence-electron chi connectivity index (χ2n) is 7.73. The molecule has 182 valence electrons. The average molecular weight is 490 g/mol. The highest BCUT2D eigenvalue weighted by Crippen LogP contribution is 2.28. The predicted molar refractivity (Wildman–Crippen MR) is 126 cm³/mol. The van der Waals surface area contributed by atoms with E-state index in [2.05, 4.69) is 25.6 Å². The number of fused-ring (bicyclic) bond motifs is 1. The third kappa shape index (κ3) is 4.52. The van der Waals surface area contributed by atoms with Crippen molar-refractivity contribution >= 4 is 35.1 Å². The molecule has 0 aliphatic carbocycles. The summed E-state index contributed by atoms with van der Waals surface area (Å²) in [4.78, 5) is 53.9. The van der Waals surface area contributed by atoms with Crippen molar-refractivity contribution in [3.8, 4) is 11.4 Å². The molecule has 5 N–H and O–H groups in total. The summed E-state index contributed by atoms with van der Waals surface area (Å²) in [5, 5.41) is 37.6. The number of carbonyl (C=O) groups is 3. The van der Waals surface area contributed by atoms with E-state index in [4.69, 9.17) is 0 Å². The SMILES string of the molecule is Cc1ccc(C(=O)NN=Cc2c(O)c(C)nc3nn(-c4cc(C(=O)O)cc(C(=O)O)c4)cc23)c(=O)[nH]1. The number of aromatic amines is 1. The summed E-state index contributed by atoms with van der Waals surface area (Å²) < 4.78 is 1.22. The van der Waals surface area contributed by atoms with Gasteiger partial charge in [-0.25, -0.2) is 24.7 Å². The topological polar surface area (TPSA) is 200 Å². The van der Waals surface area contributed by atoms with Crippen LogP contribution in [0.5, 0.6) is 5.75 Å². The third-order valence-corrected chi connectivity index (χ3v) is 5.19. The van der Waals surface area contributed by atoms with Gasteiger partial charge in [0.15, 0.2) is 5.65 Å². The molecule has 1 aromatic carbocycles. The Morgan fingerprint density at radius 2 is 1.75 bits per heavy atom. The molecule has 3 heterocycles. The molecule has 0 aliphatic heterocycles. The van der Waals surface area contributed by atoms with Crippen molar-refractivity contribution in [3.63, 3.8) is 0 Å². The zero-order valence-corrected chi connectivity index (χ0v) is 18.8. The lowest BCUT2D eigenvalue weighted by atomic mass is 10.1. The van der Waals surface area contributed by atoms with Gasteiger partial charge in [-0.15, -0.1) is 5.10 Å². The van der Waals surface area contributed by atoms with Gasteiger partial charge in [0.25, 0.3) is 11.5 Å². The number of hydrazone groups is 1. The number of rotatable bonds is 6. The predicted octanol–water partition coefficient (Wildman–Crippen LogP) is 1.59. The molecule has 0 atom stereocenters. The van der Waals surface area contributed by atoms with Gasteiger partial charge in [0, 0.05) is 11.9 Å². The molecule has 3 aromatic heterocycles. The molecular weight excluding hydrogens is 472 g/mol. The lowest BCUT2D eigenvalue weighted by molar-refractivity contribution is 0.0696. The molecule has 0 saturated carbocycles. The van der Waals surface area contributed by atoms with Crippen LogP contribution in [0.25, 0.3) is 16.7 Å². The summed E-state index contributed by atoms with van der Waals surface area (Å²) in [6, 6.07) is 6.41. The molecule has 0 aliphatic rings. The van der Waals surface area contributed by atoms with E-state index < -0.39 is 23.4 Å². The highest BCUT2D eigenvalue weighted by molar-refractivity contribution is 6.01. The highest BCUT2D eigenvalue weighted by atomic mass is 16.4. The van der Waals surface area contributed by atoms with Gasteiger partial charge < -0.3 is 20.3 Å². The maximum absolute atomic E-state index is 12.3. The first-order valence-electron chi connectivity index (χ1n) is 10.3. The number of aryl methyl sites for hydroxylation is 2. The van der Waals surface area contributed by atoms with Crippen LogP contribution in [0.3, 0.4) is 0 Å². The number of carboxylic acid groups (broad SMARTS) is 2. The van der Waals surface area contributed by atoms with Gasteiger partial charge in [0.2, 0.25) is 0 Å². The van der Waals surface area contributed by atoms with Gasteiger partial charge in [-0.3, -0.25) is 9.59 Å². The van der Waals surface area contributed by atoms with Gasteiger partial charge in [0.1, 0.15) is 11.3 Å². The Labute approximate surface area is 201 Å². The standard InChI is InChI=1S/C23H18N6O7/c1-10-3-4-15(20(31)25-10)21(32)27-24-8-16-17-9-29(28-19(17)26-11(2)18(16)30)14-6-12(22(33)34)5-13(7-14)23(35)36/h3-9,30H,1-2H3,(H,25,31)(H,27,32)(H,33,34)(H,35,36). The smallest absolute Gasteiger partial charge is 0.335 e. The van der Waals surface area contributed by atoms with Crippen molar-refractivity contribution < 1.29 is 29.7 Å². The van der Waals surface area contributed by atoms with E-state index in [-0.39, 0.29) is 50.4 Å². The van der Waals surface area contributed by atoms with Crippen LogP contribution < -0.4 is 11.0 Å². The Bertz CT molecular complexity index is 1620. The van der Waals surface area contributed by atoms with E-state index in [1.165, 1.54) is 36.0 Å². The minimum Gasteiger partial charge on any atom is -0.505 e. The Hall–Kier alpha value is -5.33. The number of carboxylic acids is 2. The van der Waals surface area contributed by atoms with Crippen LogP contribution >= 0.6 is 0 Å². The second-order valence-corrected chi connectivity index (χ2v) is 7.73. The zero-order chi connectivity index (χ0) is 26.1. The number of hydrogen-bond donors (Lipinski definition) is 5. The molecule has 4 aromatic rings. The van der Waals surface area contributed by atoms with Gasteiger partial charge in [-0.05, 0) is 44.2 Å². The van der Waals surface area contributed by atoms with Crippen LogP contribution in [0.15, 0.2) is 46.4 Å². The Kier molecular flexibility index (Phi) is 6.04. The number of carbonyl (C=O) groups excluding carboxylic acids is 1. The summed E-state index contributed by atoms with van der Waals surface area (Å²) >= 11 is 0. The minimum absolute atomic E-state index is 0.134. The third-order valence-electron chi connectivity index (χ3n) is 5.19. The van der Waals surface area contributed by atoms with Gasteiger partial charge in [-0.2, -0.15) is 5.10 Å². The average Bonchev–Trinajstić information content (AvgIpc) is 3.24. The summed E-state index contributed by atoms with van der Waals surface area (Å²) in [5.74, 6) is -3.66. The lowest BCUT2D eigenvalue weighted by Gasteiger charge is -2.05. The van der Waals surface area contributed by atoms with Crippen molar-refractivity contribution in [1.82, 2.24) is 25.2 Å². The first-order valence-corrected chi connectivity index (χ1v) is 10.3. The van der Waals surface area contributed by atoms with Crippen molar-refractivity contribution in [2.45, 2.75) is 13.8 Å². The van der Waals surface area contributed by atoms with Gasteiger partial charge in [-0.1, -0.05) is 0 Å². The van der Waals surface area contributed by atoms with E-state index >= 15 is 0 Å². The summed E-state index contributed by atoms with van der Waals surface area (Å²) in [7, 11) is 0. The van der Waals surface area contributed by atoms with E-state index in [1.54, 1.807) is 13.0 Å². The van der Waals surface area contributed by atoms with Crippen LogP contribution in [0, 0.1) is 13.8 Å². The largest absolute Gasteiger partial charge is 0.505 e. The molecule has 4 rings (SSSR count). The molecule has 0 saturated heterocycles. The molecule has 13 heteroatoms. The molecular formula is C23H18N6O7. The Morgan fingerprint density at radius 3 is 2.36 bits per heavy atom. The van der Waals surface area contributed by atoms with Crippen LogP contribution in [0.4, 0.5) is 0 Å². The summed E-state index contributed by atoms with van der Waals surface area (Å²) in [5.41, 5.74) is 2.16. The zero-order valence-electron chi connectivity index (χ0n) is 18.8. The number of aromatic nitrogens is 4. The Morgan fingerprint density at radius 1 is 1.08 bits per heavy atom. The van der Waals surface area contributed by atoms with Crippen molar-refractivity contribution in [1.29, 1.82) is 0 Å². The van der Waals surface area contributed by atoms with E-state index in [9.17, 15) is 34.5 Å². The molecule has 1 amide bonds. The number of pyridine rings is 2. The quantitative estimate of drug-likeness (QED) is 0.197. The monoisotopic (exact) mass is 490 g/mol. The number of hydrogen-bond acceptors (Lipinski definition) is 8. The number of aromatic carboxylic acids is 2. The summed E-state index contributed by atoms with van der Waals surface area (Å²) in [6.07, 6.45) is 2.55. The van der Waals surface area contributed by atoms with E-state index in [1.807, 2.05) is 0 Å². The van der Waals surface area contributed by atoms with Gasteiger partial charge in [0.05, 0.1) is 39.7 Å². The number of H-pyrrole nitrogens is 1. The highest BCUT2D eigenvalue weighted by Gasteiger charge is 2.17. The number of nitrogens with one attached hydrogen (secondary N) is 2. The fourth-order valence-electron chi connectivity index (χ4n) is 3.39. The number of amides is 1. The van der Waals surface area contributed by atoms with Crippen LogP contribution in [0.2, 0.25) is 0 Å². The van der Waals surface area contributed by atoms with Gasteiger partial charge >= 0.3 is 11.9 Å². The minimum atomic E-state index is -1.32. The van der Waals surface area contributed by atoms with Crippen molar-refractivity contribution in [3.05, 3.63) is 80.5 Å². The maximum atomic E-state index is 12.3. The first kappa shape index (κ1) is 23.8. The number of aromatic hydroxyl groups is 1. The van der Waals surface area contributed by atoms with E-state index in [0.29, 0.717) is 5.69 Å². The van der Waals surface area contributed by atoms with Crippen molar-refractivity contribution in [2.75, 3.05) is 0 Å². The van der Waals surface area contributed by atoms with Crippen LogP contribution in [0.1, 0.15) is 48.0 Å². The Balaban J connectivity index is 1.74. The van der Waals surface area contributed by atoms with E-state index in [0.717, 1.165) is 12.3 Å². The number of benzene rings is 1.